The highest BCUT2D eigenvalue weighted by atomic mass is 79.9. The smallest absolute Gasteiger partial charge is 0.144 e. The summed E-state index contributed by atoms with van der Waals surface area (Å²) < 4.78 is 5.83. The first-order valence-corrected chi connectivity index (χ1v) is 9.70. The summed E-state index contributed by atoms with van der Waals surface area (Å²) in [5.41, 5.74) is 9.60. The topological polar surface area (TPSA) is 38.5 Å². The van der Waals surface area contributed by atoms with Gasteiger partial charge in [0, 0.05) is 29.2 Å². The Bertz CT molecular complexity index is 522. The first-order valence-electron chi connectivity index (χ1n) is 7.95. The van der Waals surface area contributed by atoms with E-state index in [1.807, 2.05) is 0 Å². The summed E-state index contributed by atoms with van der Waals surface area (Å²) in [6.45, 7) is 8.37. The van der Waals surface area contributed by atoms with Gasteiger partial charge >= 0.3 is 0 Å². The predicted molar refractivity (Wildman–Crippen MR) is 103 cm³/mol. The Morgan fingerprint density at radius 1 is 1.45 bits per heavy atom. The highest BCUT2D eigenvalue weighted by molar-refractivity contribution is 9.09. The van der Waals surface area contributed by atoms with E-state index in [-0.39, 0.29) is 5.54 Å². The maximum Gasteiger partial charge on any atom is 0.144 e. The van der Waals surface area contributed by atoms with Gasteiger partial charge in [0.25, 0.3) is 0 Å². The molecule has 2 rings (SSSR count). The fourth-order valence-corrected chi connectivity index (χ4v) is 4.00. The van der Waals surface area contributed by atoms with Gasteiger partial charge in [0.05, 0.1) is 12.3 Å². The lowest BCUT2D eigenvalue weighted by atomic mass is 9.79. The number of hydrogen-bond acceptors (Lipinski definition) is 4. The first kappa shape index (κ1) is 17.8. The lowest BCUT2D eigenvalue weighted by Gasteiger charge is -2.48. The molecular formula is C17H27BrN2OS. The molecule has 5 heteroatoms. The molecule has 1 heterocycles. The third-order valence-electron chi connectivity index (χ3n) is 4.36. The van der Waals surface area contributed by atoms with Crippen molar-refractivity contribution in [3.05, 3.63) is 17.7 Å². The fourth-order valence-electron chi connectivity index (χ4n) is 3.32. The van der Waals surface area contributed by atoms with Crippen molar-refractivity contribution in [3.63, 3.8) is 0 Å². The Labute approximate surface area is 148 Å². The van der Waals surface area contributed by atoms with Crippen molar-refractivity contribution in [2.45, 2.75) is 45.1 Å². The largest absolute Gasteiger partial charge is 0.491 e. The summed E-state index contributed by atoms with van der Waals surface area (Å²) in [5, 5.41) is 0.941. The number of fused-ring (bicyclic) bond motifs is 1. The van der Waals surface area contributed by atoms with E-state index in [0.29, 0.717) is 12.5 Å². The third-order valence-corrected chi connectivity index (χ3v) is 5.15. The molecule has 0 spiro atoms. The van der Waals surface area contributed by atoms with Gasteiger partial charge in [0.15, 0.2) is 0 Å². The average Bonchev–Trinajstić information content (AvgIpc) is 2.48. The number of ether oxygens (including phenoxy) is 1. The summed E-state index contributed by atoms with van der Waals surface area (Å²) in [6.07, 6.45) is 2.07. The number of hydrogen-bond donors (Lipinski definition) is 2. The predicted octanol–water partition coefficient (Wildman–Crippen LogP) is 4.45. The molecule has 2 N–H and O–H groups in total. The van der Waals surface area contributed by atoms with E-state index in [9.17, 15) is 0 Å². The number of thiol groups is 1. The fraction of sp³-hybridized carbons (Fsp3) is 0.647. The van der Waals surface area contributed by atoms with Crippen LogP contribution in [0, 0.1) is 0 Å². The highest BCUT2D eigenvalue weighted by Gasteiger charge is 2.37. The summed E-state index contributed by atoms with van der Waals surface area (Å²) in [7, 11) is 0. The van der Waals surface area contributed by atoms with Crippen LogP contribution in [0.25, 0.3) is 0 Å². The van der Waals surface area contributed by atoms with Crippen LogP contribution >= 0.6 is 28.6 Å². The van der Waals surface area contributed by atoms with E-state index in [1.54, 1.807) is 0 Å². The Hall–Kier alpha value is -0.550. The molecule has 0 radical (unpaired) electrons. The molecule has 0 amide bonds. The van der Waals surface area contributed by atoms with Crippen LogP contribution in [0.5, 0.6) is 5.75 Å². The molecule has 1 aliphatic rings. The minimum Gasteiger partial charge on any atom is -0.491 e. The maximum absolute atomic E-state index is 6.21. The molecule has 1 atom stereocenters. The molecule has 0 saturated carbocycles. The molecule has 3 nitrogen and oxygen atoms in total. The van der Waals surface area contributed by atoms with Crippen molar-refractivity contribution in [2.75, 3.05) is 34.9 Å². The van der Waals surface area contributed by atoms with Crippen molar-refractivity contribution in [3.8, 4) is 5.75 Å². The van der Waals surface area contributed by atoms with E-state index in [0.717, 1.165) is 41.9 Å². The van der Waals surface area contributed by atoms with E-state index in [1.165, 1.54) is 11.3 Å². The number of alkyl halides is 1. The van der Waals surface area contributed by atoms with Gasteiger partial charge in [-0.3, -0.25) is 0 Å². The van der Waals surface area contributed by atoms with Crippen molar-refractivity contribution >= 4 is 39.9 Å². The lowest BCUT2D eigenvalue weighted by Crippen LogP contribution is -2.49. The molecule has 1 unspecified atom stereocenters. The van der Waals surface area contributed by atoms with Crippen LogP contribution in [0.4, 0.5) is 11.4 Å². The molecule has 0 bridgehead atoms. The molecule has 1 aromatic rings. The summed E-state index contributed by atoms with van der Waals surface area (Å²) in [6, 6.07) is 4.22. The molecule has 0 saturated heterocycles. The first-order chi connectivity index (χ1) is 10.4. The summed E-state index contributed by atoms with van der Waals surface area (Å²) in [5.74, 6) is 2.07. The van der Waals surface area contributed by atoms with E-state index in [2.05, 4.69) is 66.4 Å². The highest BCUT2D eigenvalue weighted by Crippen LogP contribution is 2.46. The number of halogens is 1. The molecule has 0 aromatic heterocycles. The molecule has 0 fully saturated rings. The molecular weight excluding hydrogens is 360 g/mol. The molecule has 1 aliphatic heterocycles. The Morgan fingerprint density at radius 2 is 2.18 bits per heavy atom. The minimum absolute atomic E-state index is 0.103. The molecule has 124 valence electrons. The second-order valence-corrected chi connectivity index (χ2v) is 7.69. The van der Waals surface area contributed by atoms with Gasteiger partial charge in [-0.1, -0.05) is 22.9 Å². The van der Waals surface area contributed by atoms with Crippen LogP contribution in [-0.4, -0.2) is 29.8 Å². The number of nitrogen functional groups attached to an aromatic ring is 1. The van der Waals surface area contributed by atoms with Crippen LogP contribution in [-0.2, 0) is 0 Å². The standard InChI is InChI=1S/C17H27BrN2OS/c1-4-7-21-16-9-15-13(8-14(16)19)12(11-22)10-17(2,3)20(15)6-5-18/h8-9,12,22H,4-7,10-11,19H2,1-3H3. The average molecular weight is 387 g/mol. The van der Waals surface area contributed by atoms with Gasteiger partial charge in [-0.15, -0.1) is 0 Å². The number of rotatable bonds is 6. The van der Waals surface area contributed by atoms with Crippen LogP contribution in [0.3, 0.4) is 0 Å². The molecule has 1 aromatic carbocycles. The van der Waals surface area contributed by atoms with Gasteiger partial charge in [-0.25, -0.2) is 0 Å². The summed E-state index contributed by atoms with van der Waals surface area (Å²) in [4.78, 5) is 2.47. The third kappa shape index (κ3) is 3.51. The van der Waals surface area contributed by atoms with Crippen molar-refractivity contribution in [1.29, 1.82) is 0 Å². The molecule has 0 aliphatic carbocycles. The van der Waals surface area contributed by atoms with Crippen molar-refractivity contribution in [1.82, 2.24) is 0 Å². The normalized spacial score (nSPS) is 19.9. The number of benzene rings is 1. The zero-order valence-electron chi connectivity index (χ0n) is 13.7. The maximum atomic E-state index is 6.21. The van der Waals surface area contributed by atoms with Crippen LogP contribution < -0.4 is 15.4 Å². The van der Waals surface area contributed by atoms with Gasteiger partial charge < -0.3 is 15.4 Å². The van der Waals surface area contributed by atoms with Crippen LogP contribution in [0.1, 0.15) is 45.1 Å². The second kappa shape index (κ2) is 7.35. The minimum atomic E-state index is 0.103. The van der Waals surface area contributed by atoms with E-state index < -0.39 is 0 Å². The van der Waals surface area contributed by atoms with Crippen LogP contribution in [0.15, 0.2) is 12.1 Å². The Kier molecular flexibility index (Phi) is 5.94. The van der Waals surface area contributed by atoms with E-state index >= 15 is 0 Å². The van der Waals surface area contributed by atoms with Gasteiger partial charge in [0.2, 0.25) is 0 Å². The van der Waals surface area contributed by atoms with Crippen molar-refractivity contribution < 1.29 is 4.74 Å². The molecule has 22 heavy (non-hydrogen) atoms. The van der Waals surface area contributed by atoms with Gasteiger partial charge in [-0.2, -0.15) is 12.6 Å². The quantitative estimate of drug-likeness (QED) is 0.430. The Balaban J connectivity index is 2.50. The monoisotopic (exact) mass is 386 g/mol. The van der Waals surface area contributed by atoms with Crippen LogP contribution in [0.2, 0.25) is 0 Å². The van der Waals surface area contributed by atoms with E-state index in [4.69, 9.17) is 10.5 Å². The lowest BCUT2D eigenvalue weighted by molar-refractivity contribution is 0.318. The zero-order chi connectivity index (χ0) is 16.3. The SMILES string of the molecule is CCCOc1cc2c(cc1N)C(CS)CC(C)(C)N2CCBr. The summed E-state index contributed by atoms with van der Waals surface area (Å²) >= 11 is 8.15. The van der Waals surface area contributed by atoms with Crippen molar-refractivity contribution in [2.24, 2.45) is 0 Å². The Morgan fingerprint density at radius 3 is 2.77 bits per heavy atom. The second-order valence-electron chi connectivity index (χ2n) is 6.53. The number of anilines is 2. The number of nitrogens with two attached hydrogens (primary N) is 1. The van der Waals surface area contributed by atoms with Gasteiger partial charge in [-0.05, 0) is 50.0 Å². The van der Waals surface area contributed by atoms with Gasteiger partial charge in [0.1, 0.15) is 5.75 Å². The number of nitrogens with zero attached hydrogens (tertiary/aromatic N) is 1. The zero-order valence-corrected chi connectivity index (χ0v) is 16.2.